The van der Waals surface area contributed by atoms with Crippen LogP contribution in [-0.2, 0) is 22.3 Å². The van der Waals surface area contributed by atoms with Crippen molar-refractivity contribution in [2.75, 3.05) is 26.4 Å². The number of aryl methyl sites for hydroxylation is 2. The lowest BCUT2D eigenvalue weighted by Crippen LogP contribution is -2.33. The predicted octanol–water partition coefficient (Wildman–Crippen LogP) is 11.0. The Hall–Kier alpha value is -4.80. The molecule has 298 valence electrons. The van der Waals surface area contributed by atoms with E-state index in [-0.39, 0.29) is 35.9 Å². The third-order valence-electron chi connectivity index (χ3n) is 9.89. The average Bonchev–Trinajstić information content (AvgIpc) is 3.22. The van der Waals surface area contributed by atoms with E-state index in [0.29, 0.717) is 22.6 Å². The van der Waals surface area contributed by atoms with E-state index in [2.05, 4.69) is 44.7 Å². The summed E-state index contributed by atoms with van der Waals surface area (Å²) in [7, 11) is 0. The van der Waals surface area contributed by atoms with E-state index in [1.807, 2.05) is 72.8 Å². The number of rotatable bonds is 22. The largest absolute Gasteiger partial charge is 0.499 e. The van der Waals surface area contributed by atoms with Crippen molar-refractivity contribution >= 4 is 42.8 Å². The van der Waals surface area contributed by atoms with E-state index in [4.69, 9.17) is 18.9 Å². The highest BCUT2D eigenvalue weighted by atomic mass is 32.1. The smallest absolute Gasteiger partial charge is 0.240 e. The summed E-state index contributed by atoms with van der Waals surface area (Å²) >= 11 is 2.40. The quantitative estimate of drug-likeness (QED) is 0.0540. The molecule has 6 rings (SSSR count). The fraction of sp³-hybridized carbons (Fsp3) is 0.333. The number of fused-ring (bicyclic) bond motifs is 2. The summed E-state index contributed by atoms with van der Waals surface area (Å²) in [5.74, 6) is 1.17. The van der Waals surface area contributed by atoms with Gasteiger partial charge in [-0.05, 0) is 107 Å². The molecule has 4 aromatic carbocycles. The molecule has 2 heterocycles. The first-order chi connectivity index (χ1) is 27.8. The lowest BCUT2D eigenvalue weighted by atomic mass is 10.0. The van der Waals surface area contributed by atoms with Crippen molar-refractivity contribution in [2.45, 2.75) is 77.4 Å². The first-order valence-electron chi connectivity index (χ1n) is 20.0. The zero-order valence-electron chi connectivity index (χ0n) is 32.9. The van der Waals surface area contributed by atoms with Crippen LogP contribution in [0.15, 0.2) is 119 Å². The standard InChI is InChI=1S/C48H52O7S2/c1-4-7-9-11-33-13-17-35(18-14-33)43-25-37-21-23-40(27-45(37)56-47(43)50)54-31-42(53-30-39(49)29-52-6-3)32-55-41-24-22-38-26-44(48(51)57-46(38)28-41)36-19-15-34(16-20-36)12-10-8-5-2/h6,13-28,39,42,49H,3-5,7-12,29-32H2,1-2H3. The second-order valence-corrected chi connectivity index (χ2v) is 16.4. The minimum absolute atomic E-state index is 0.00507. The van der Waals surface area contributed by atoms with E-state index < -0.39 is 12.2 Å². The van der Waals surface area contributed by atoms with Crippen LogP contribution in [0.4, 0.5) is 0 Å². The van der Waals surface area contributed by atoms with E-state index in [9.17, 15) is 14.7 Å². The van der Waals surface area contributed by atoms with Crippen molar-refractivity contribution in [1.82, 2.24) is 0 Å². The highest BCUT2D eigenvalue weighted by Crippen LogP contribution is 2.30. The third kappa shape index (κ3) is 11.9. The molecule has 1 N–H and O–H groups in total. The van der Waals surface area contributed by atoms with Gasteiger partial charge in [0, 0.05) is 20.5 Å². The summed E-state index contributed by atoms with van der Waals surface area (Å²) < 4.78 is 25.2. The second-order valence-electron chi connectivity index (χ2n) is 14.3. The van der Waals surface area contributed by atoms with E-state index >= 15 is 0 Å². The first kappa shape index (κ1) is 41.8. The van der Waals surface area contributed by atoms with Gasteiger partial charge in [0.1, 0.15) is 43.5 Å². The molecule has 7 nitrogen and oxygen atoms in total. The van der Waals surface area contributed by atoms with Gasteiger partial charge >= 0.3 is 0 Å². The highest BCUT2D eigenvalue weighted by molar-refractivity contribution is 7.16. The molecule has 0 bridgehead atoms. The lowest BCUT2D eigenvalue weighted by Gasteiger charge is -2.21. The van der Waals surface area contributed by atoms with Crippen LogP contribution in [0.1, 0.15) is 63.5 Å². The number of aliphatic hydroxyl groups is 1. The molecular formula is C48H52O7S2. The van der Waals surface area contributed by atoms with Gasteiger partial charge in [-0.2, -0.15) is 0 Å². The lowest BCUT2D eigenvalue weighted by molar-refractivity contribution is -0.0575. The van der Waals surface area contributed by atoms with Crippen LogP contribution >= 0.6 is 22.7 Å². The highest BCUT2D eigenvalue weighted by Gasteiger charge is 2.17. The SMILES string of the molecule is C=COCC(O)COC(COc1ccc2cc(-c3ccc(CCCCC)cc3)c(=O)sc2c1)COc1ccc2cc(-c3ccc(CCCCC)cc3)c(=O)sc2c1. The molecule has 0 aliphatic rings. The Kier molecular flexibility index (Phi) is 15.5. The molecule has 0 fully saturated rings. The molecule has 1 atom stereocenters. The average molecular weight is 805 g/mol. The van der Waals surface area contributed by atoms with Crippen LogP contribution in [0, 0.1) is 0 Å². The van der Waals surface area contributed by atoms with Gasteiger partial charge in [-0.1, -0.05) is 117 Å². The molecule has 0 aliphatic heterocycles. The molecular weight excluding hydrogens is 753 g/mol. The zero-order valence-corrected chi connectivity index (χ0v) is 34.5. The maximum absolute atomic E-state index is 13.3. The summed E-state index contributed by atoms with van der Waals surface area (Å²) in [5, 5.41) is 12.3. The first-order valence-corrected chi connectivity index (χ1v) is 21.6. The molecule has 0 aliphatic carbocycles. The van der Waals surface area contributed by atoms with Crippen molar-refractivity contribution in [3.8, 4) is 33.8 Å². The number of hydrogen-bond donors (Lipinski definition) is 1. The minimum atomic E-state index is -0.876. The van der Waals surface area contributed by atoms with Gasteiger partial charge in [-0.3, -0.25) is 9.59 Å². The molecule has 1 unspecified atom stereocenters. The normalized spacial score (nSPS) is 11.9. The van der Waals surface area contributed by atoms with E-state index in [1.165, 1.54) is 78.6 Å². The Morgan fingerprint density at radius 3 is 1.53 bits per heavy atom. The van der Waals surface area contributed by atoms with Crippen molar-refractivity contribution in [1.29, 1.82) is 0 Å². The van der Waals surface area contributed by atoms with Crippen molar-refractivity contribution in [3.05, 3.63) is 140 Å². The number of aliphatic hydroxyl groups excluding tert-OH is 1. The maximum Gasteiger partial charge on any atom is 0.240 e. The van der Waals surface area contributed by atoms with Crippen molar-refractivity contribution in [2.24, 2.45) is 0 Å². The summed E-state index contributed by atoms with van der Waals surface area (Å²) in [6.07, 6.45) is 9.09. The van der Waals surface area contributed by atoms with Crippen LogP contribution < -0.4 is 19.0 Å². The predicted molar refractivity (Wildman–Crippen MR) is 236 cm³/mol. The summed E-state index contributed by atoms with van der Waals surface area (Å²) in [6, 6.07) is 32.0. The van der Waals surface area contributed by atoms with Crippen LogP contribution in [0.2, 0.25) is 0 Å². The Morgan fingerprint density at radius 1 is 0.614 bits per heavy atom. The Bertz CT molecular complexity index is 2180. The van der Waals surface area contributed by atoms with Gasteiger partial charge in [-0.15, -0.1) is 0 Å². The summed E-state index contributed by atoms with van der Waals surface area (Å²) in [5.41, 5.74) is 5.80. The molecule has 0 saturated carbocycles. The van der Waals surface area contributed by atoms with Gasteiger partial charge in [-0.25, -0.2) is 0 Å². The molecule has 0 radical (unpaired) electrons. The Labute approximate surface area is 343 Å². The van der Waals surface area contributed by atoms with Crippen LogP contribution in [0.3, 0.4) is 0 Å². The zero-order chi connectivity index (χ0) is 40.0. The molecule has 2 aromatic heterocycles. The van der Waals surface area contributed by atoms with Crippen molar-refractivity contribution < 1.29 is 24.1 Å². The van der Waals surface area contributed by atoms with Gasteiger partial charge in [0.15, 0.2) is 0 Å². The minimum Gasteiger partial charge on any atom is -0.499 e. The second kappa shape index (κ2) is 21.1. The fourth-order valence-electron chi connectivity index (χ4n) is 6.62. The number of unbranched alkanes of at least 4 members (excludes halogenated alkanes) is 4. The van der Waals surface area contributed by atoms with Crippen LogP contribution in [0.5, 0.6) is 11.5 Å². The number of benzene rings is 4. The van der Waals surface area contributed by atoms with Gasteiger partial charge in [0.2, 0.25) is 9.48 Å². The fourth-order valence-corrected chi connectivity index (χ4v) is 8.44. The summed E-state index contributed by atoms with van der Waals surface area (Å²) in [6.45, 7) is 8.22. The van der Waals surface area contributed by atoms with Gasteiger partial charge in [0.05, 0.1) is 12.9 Å². The van der Waals surface area contributed by atoms with Crippen LogP contribution in [-0.4, -0.2) is 43.7 Å². The molecule has 0 saturated heterocycles. The summed E-state index contributed by atoms with van der Waals surface area (Å²) in [4.78, 5) is 26.5. The maximum atomic E-state index is 13.3. The van der Waals surface area contributed by atoms with E-state index in [0.717, 1.165) is 44.1 Å². The number of hydrogen-bond acceptors (Lipinski definition) is 9. The Balaban J connectivity index is 1.12. The van der Waals surface area contributed by atoms with Crippen LogP contribution in [0.25, 0.3) is 42.4 Å². The molecule has 6 aromatic rings. The van der Waals surface area contributed by atoms with Crippen molar-refractivity contribution in [3.63, 3.8) is 0 Å². The molecule has 0 spiro atoms. The van der Waals surface area contributed by atoms with Gasteiger partial charge < -0.3 is 24.1 Å². The molecule has 0 amide bonds. The molecule has 9 heteroatoms. The van der Waals surface area contributed by atoms with Gasteiger partial charge in [0.25, 0.3) is 0 Å². The monoisotopic (exact) mass is 804 g/mol. The molecule has 57 heavy (non-hydrogen) atoms. The Morgan fingerprint density at radius 2 is 1.09 bits per heavy atom. The number of ether oxygens (including phenoxy) is 4. The third-order valence-corrected chi connectivity index (χ3v) is 11.8. The topological polar surface area (TPSA) is 91.3 Å². The van der Waals surface area contributed by atoms with E-state index in [1.54, 1.807) is 0 Å².